The minimum absolute atomic E-state index is 0.0625. The maximum atomic E-state index is 13.7. The fraction of sp³-hybridized carbons (Fsp3) is 0.385. The standard InChI is InChI=1S/C13H16F2N4/c1-2-6-16-12(13-17-8-18-19-13)7-9-10(14)4-3-5-11(9)15/h3-5,8,12,16H,2,6-7H2,1H3,(H,17,18,19). The topological polar surface area (TPSA) is 53.6 Å². The molecule has 2 N–H and O–H groups in total. The Labute approximate surface area is 110 Å². The number of aromatic amines is 1. The summed E-state index contributed by atoms with van der Waals surface area (Å²) >= 11 is 0. The van der Waals surface area contributed by atoms with E-state index in [1.165, 1.54) is 24.5 Å². The van der Waals surface area contributed by atoms with E-state index in [1.807, 2.05) is 6.92 Å². The number of aromatic nitrogens is 3. The van der Waals surface area contributed by atoms with Gasteiger partial charge in [-0.05, 0) is 25.1 Å². The molecule has 0 amide bonds. The number of rotatable bonds is 6. The van der Waals surface area contributed by atoms with Crippen molar-refractivity contribution in [1.29, 1.82) is 0 Å². The average molecular weight is 266 g/mol. The number of halogens is 2. The van der Waals surface area contributed by atoms with Crippen LogP contribution in [0.1, 0.15) is 30.8 Å². The SMILES string of the molecule is CCCNC(Cc1c(F)cccc1F)c1ncn[nH]1. The van der Waals surface area contributed by atoms with Gasteiger partial charge in [0.05, 0.1) is 6.04 Å². The lowest BCUT2D eigenvalue weighted by molar-refractivity contribution is 0.475. The molecular formula is C13H16F2N4. The van der Waals surface area contributed by atoms with E-state index in [-0.39, 0.29) is 18.0 Å². The zero-order chi connectivity index (χ0) is 13.7. The summed E-state index contributed by atoms with van der Waals surface area (Å²) < 4.78 is 27.3. The molecule has 0 saturated heterocycles. The van der Waals surface area contributed by atoms with E-state index in [4.69, 9.17) is 0 Å². The van der Waals surface area contributed by atoms with Gasteiger partial charge in [0.25, 0.3) is 0 Å². The number of nitrogens with zero attached hydrogens (tertiary/aromatic N) is 2. The van der Waals surface area contributed by atoms with Crippen LogP contribution < -0.4 is 5.32 Å². The molecule has 0 radical (unpaired) electrons. The summed E-state index contributed by atoms with van der Waals surface area (Å²) in [5, 5.41) is 9.72. The van der Waals surface area contributed by atoms with Gasteiger partial charge in [-0.2, -0.15) is 5.10 Å². The predicted molar refractivity (Wildman–Crippen MR) is 67.5 cm³/mol. The first-order chi connectivity index (χ1) is 9.22. The number of nitrogens with one attached hydrogen (secondary N) is 2. The second-order valence-corrected chi connectivity index (χ2v) is 4.28. The zero-order valence-corrected chi connectivity index (χ0v) is 10.7. The van der Waals surface area contributed by atoms with Gasteiger partial charge in [-0.25, -0.2) is 13.8 Å². The van der Waals surface area contributed by atoms with Gasteiger partial charge in [0.2, 0.25) is 0 Å². The number of H-pyrrole nitrogens is 1. The monoisotopic (exact) mass is 266 g/mol. The first-order valence-electron chi connectivity index (χ1n) is 6.24. The lowest BCUT2D eigenvalue weighted by Crippen LogP contribution is -2.26. The Kier molecular flexibility index (Phi) is 4.57. The largest absolute Gasteiger partial charge is 0.307 e. The van der Waals surface area contributed by atoms with Crippen LogP contribution in [0.5, 0.6) is 0 Å². The van der Waals surface area contributed by atoms with Crippen LogP contribution in [0, 0.1) is 11.6 Å². The predicted octanol–water partition coefficient (Wildman–Crippen LogP) is 2.37. The maximum Gasteiger partial charge on any atom is 0.141 e. The smallest absolute Gasteiger partial charge is 0.141 e. The molecule has 0 aliphatic heterocycles. The third-order valence-electron chi connectivity index (χ3n) is 2.87. The average Bonchev–Trinajstić information content (AvgIpc) is 2.91. The minimum Gasteiger partial charge on any atom is -0.307 e. The molecule has 0 spiro atoms. The van der Waals surface area contributed by atoms with Gasteiger partial charge in [0.15, 0.2) is 0 Å². The summed E-state index contributed by atoms with van der Waals surface area (Å²) in [7, 11) is 0. The molecule has 0 fully saturated rings. The second kappa shape index (κ2) is 6.38. The molecule has 2 aromatic rings. The molecule has 0 aliphatic rings. The molecular weight excluding hydrogens is 250 g/mol. The highest BCUT2D eigenvalue weighted by atomic mass is 19.1. The van der Waals surface area contributed by atoms with Crippen LogP contribution in [0.3, 0.4) is 0 Å². The quantitative estimate of drug-likeness (QED) is 0.844. The van der Waals surface area contributed by atoms with E-state index in [1.54, 1.807) is 0 Å². The molecule has 102 valence electrons. The van der Waals surface area contributed by atoms with E-state index >= 15 is 0 Å². The number of hydrogen-bond acceptors (Lipinski definition) is 3. The molecule has 1 heterocycles. The van der Waals surface area contributed by atoms with Crippen molar-refractivity contribution >= 4 is 0 Å². The molecule has 6 heteroatoms. The minimum atomic E-state index is -0.539. The Morgan fingerprint density at radius 2 is 2.05 bits per heavy atom. The summed E-state index contributed by atoms with van der Waals surface area (Å²) in [6.07, 6.45) is 2.49. The Morgan fingerprint density at radius 3 is 2.63 bits per heavy atom. The normalized spacial score (nSPS) is 12.6. The van der Waals surface area contributed by atoms with Crippen molar-refractivity contribution in [3.05, 3.63) is 47.5 Å². The molecule has 1 unspecified atom stereocenters. The zero-order valence-electron chi connectivity index (χ0n) is 10.7. The van der Waals surface area contributed by atoms with Crippen LogP contribution >= 0.6 is 0 Å². The molecule has 19 heavy (non-hydrogen) atoms. The van der Waals surface area contributed by atoms with Crippen LogP contribution in [0.15, 0.2) is 24.5 Å². The van der Waals surface area contributed by atoms with E-state index < -0.39 is 11.6 Å². The van der Waals surface area contributed by atoms with Gasteiger partial charge >= 0.3 is 0 Å². The Balaban J connectivity index is 2.20. The fourth-order valence-electron chi connectivity index (χ4n) is 1.90. The first kappa shape index (κ1) is 13.6. The van der Waals surface area contributed by atoms with Crippen molar-refractivity contribution in [3.8, 4) is 0 Å². The molecule has 1 aromatic carbocycles. The third kappa shape index (κ3) is 3.35. The van der Waals surface area contributed by atoms with E-state index in [9.17, 15) is 8.78 Å². The highest BCUT2D eigenvalue weighted by Gasteiger charge is 2.19. The lowest BCUT2D eigenvalue weighted by atomic mass is 10.0. The summed E-state index contributed by atoms with van der Waals surface area (Å²) in [5.41, 5.74) is 0.0625. The molecule has 4 nitrogen and oxygen atoms in total. The third-order valence-corrected chi connectivity index (χ3v) is 2.87. The van der Waals surface area contributed by atoms with Crippen molar-refractivity contribution in [3.63, 3.8) is 0 Å². The van der Waals surface area contributed by atoms with Crippen molar-refractivity contribution in [2.24, 2.45) is 0 Å². The van der Waals surface area contributed by atoms with Crippen LogP contribution in [0.25, 0.3) is 0 Å². The first-order valence-corrected chi connectivity index (χ1v) is 6.24. The van der Waals surface area contributed by atoms with Crippen LogP contribution in [0.2, 0.25) is 0 Å². The Morgan fingerprint density at radius 1 is 1.32 bits per heavy atom. The van der Waals surface area contributed by atoms with Gasteiger partial charge in [0.1, 0.15) is 23.8 Å². The van der Waals surface area contributed by atoms with Gasteiger partial charge in [-0.1, -0.05) is 13.0 Å². The van der Waals surface area contributed by atoms with E-state index in [2.05, 4.69) is 20.5 Å². The van der Waals surface area contributed by atoms with Crippen LogP contribution in [-0.4, -0.2) is 21.7 Å². The molecule has 1 aromatic heterocycles. The van der Waals surface area contributed by atoms with Crippen molar-refractivity contribution < 1.29 is 8.78 Å². The highest BCUT2D eigenvalue weighted by Crippen LogP contribution is 2.20. The Hall–Kier alpha value is -1.82. The van der Waals surface area contributed by atoms with E-state index in [0.29, 0.717) is 5.82 Å². The highest BCUT2D eigenvalue weighted by molar-refractivity contribution is 5.21. The van der Waals surface area contributed by atoms with E-state index in [0.717, 1.165) is 13.0 Å². The molecule has 0 aliphatic carbocycles. The van der Waals surface area contributed by atoms with Crippen LogP contribution in [0.4, 0.5) is 8.78 Å². The lowest BCUT2D eigenvalue weighted by Gasteiger charge is -2.16. The van der Waals surface area contributed by atoms with Crippen molar-refractivity contribution in [2.45, 2.75) is 25.8 Å². The second-order valence-electron chi connectivity index (χ2n) is 4.28. The summed E-state index contributed by atoms with van der Waals surface area (Å²) in [4.78, 5) is 4.05. The molecule has 0 saturated carbocycles. The summed E-state index contributed by atoms with van der Waals surface area (Å²) in [6, 6.07) is 3.59. The van der Waals surface area contributed by atoms with Crippen molar-refractivity contribution in [2.75, 3.05) is 6.54 Å². The summed E-state index contributed by atoms with van der Waals surface area (Å²) in [5.74, 6) is -0.498. The Bertz CT molecular complexity index is 493. The maximum absolute atomic E-state index is 13.7. The fourth-order valence-corrected chi connectivity index (χ4v) is 1.90. The molecule has 0 bridgehead atoms. The summed E-state index contributed by atoms with van der Waals surface area (Å²) in [6.45, 7) is 2.76. The van der Waals surface area contributed by atoms with Crippen LogP contribution in [-0.2, 0) is 6.42 Å². The number of hydrogen-bond donors (Lipinski definition) is 2. The van der Waals surface area contributed by atoms with Gasteiger partial charge < -0.3 is 5.32 Å². The van der Waals surface area contributed by atoms with Gasteiger partial charge in [-0.15, -0.1) is 0 Å². The van der Waals surface area contributed by atoms with Gasteiger partial charge in [0, 0.05) is 12.0 Å². The number of benzene rings is 1. The molecule has 2 rings (SSSR count). The van der Waals surface area contributed by atoms with Gasteiger partial charge in [-0.3, -0.25) is 5.10 Å². The molecule has 1 atom stereocenters. The van der Waals surface area contributed by atoms with Crippen molar-refractivity contribution in [1.82, 2.24) is 20.5 Å².